The molecule has 2 aromatic rings. The number of benzene rings is 1. The minimum absolute atomic E-state index is 0.175. The molecule has 14 atom stereocenters. The third-order valence-corrected chi connectivity index (χ3v) is 13.7. The average Bonchev–Trinajstić information content (AvgIpc) is 3.97. The Morgan fingerprint density at radius 2 is 1.80 bits per heavy atom. The van der Waals surface area contributed by atoms with Crippen LogP contribution >= 0.6 is 0 Å². The summed E-state index contributed by atoms with van der Waals surface area (Å²) >= 11 is 0. The maximum Gasteiger partial charge on any atom is 0.316 e. The Labute approximate surface area is 379 Å². The Bertz CT molecular complexity index is 1820. The highest BCUT2D eigenvalue weighted by Gasteiger charge is 2.52. The van der Waals surface area contributed by atoms with Crippen molar-refractivity contribution in [1.29, 1.82) is 0 Å². The van der Waals surface area contributed by atoms with Crippen LogP contribution in [0.25, 0.3) is 0 Å². The van der Waals surface area contributed by atoms with E-state index in [0.29, 0.717) is 44.8 Å². The van der Waals surface area contributed by atoms with Crippen LogP contribution in [-0.2, 0) is 46.3 Å². The lowest BCUT2D eigenvalue weighted by Gasteiger charge is -2.47. The molecule has 0 spiro atoms. The number of rotatable bonds is 15. The summed E-state index contributed by atoms with van der Waals surface area (Å²) in [7, 11) is 3.47. The number of hydrogen-bond acceptors (Lipinski definition) is 16. The number of aromatic nitrogens is 3. The molecule has 0 saturated carbocycles. The molecular formula is C47H76N6O11. The summed E-state index contributed by atoms with van der Waals surface area (Å²) in [5.41, 5.74) is -0.687. The van der Waals surface area contributed by atoms with Crippen LogP contribution in [0.3, 0.4) is 0 Å². The molecule has 17 heteroatoms. The first-order valence-corrected chi connectivity index (χ1v) is 23.2. The van der Waals surface area contributed by atoms with Crippen molar-refractivity contribution in [1.82, 2.24) is 25.2 Å². The maximum atomic E-state index is 14.4. The number of Topliss-reactive ketones (excluding diaryl/α,β-unsaturated/α-hetero) is 1. The van der Waals surface area contributed by atoms with Crippen molar-refractivity contribution in [3.05, 3.63) is 41.7 Å². The number of aliphatic hydroxyl groups is 3. The number of aryl methyl sites for hydroxylation is 2. The quantitative estimate of drug-likeness (QED) is 0.0866. The molecule has 0 unspecified atom stereocenters. The van der Waals surface area contributed by atoms with Crippen molar-refractivity contribution >= 4 is 17.5 Å². The molecule has 3 aliphatic rings. The molecule has 0 radical (unpaired) electrons. The normalized spacial score (nSPS) is 36.5. The Morgan fingerprint density at radius 1 is 1.08 bits per heavy atom. The number of aliphatic hydroxyl groups excluding tert-OH is 2. The van der Waals surface area contributed by atoms with Crippen molar-refractivity contribution in [3.8, 4) is 5.75 Å². The fourth-order valence-corrected chi connectivity index (χ4v) is 9.46. The van der Waals surface area contributed by atoms with E-state index in [1.54, 1.807) is 20.8 Å². The number of likely N-dealkylation sites (N-methyl/N-ethyl adjacent to an activating group) is 1. The van der Waals surface area contributed by atoms with Gasteiger partial charge in [-0.2, -0.15) is 0 Å². The molecule has 0 bridgehead atoms. The third-order valence-electron chi connectivity index (χ3n) is 13.7. The van der Waals surface area contributed by atoms with E-state index in [1.807, 2.05) is 69.9 Å². The second-order valence-electron chi connectivity index (χ2n) is 18.9. The monoisotopic (exact) mass is 901 g/mol. The van der Waals surface area contributed by atoms with Crippen molar-refractivity contribution in [2.24, 2.45) is 28.8 Å². The zero-order valence-electron chi connectivity index (χ0n) is 39.9. The van der Waals surface area contributed by atoms with Gasteiger partial charge in [0.25, 0.3) is 0 Å². The SMILES string of the molecule is CC[C@H]1OC(=O)[C@H](C)C(=O)[C@H](C)[C@@H](O[C@@H]2O[C@H](C)C[C@H](N(C)CCc3cn(CCCOc4ccc(C)cc4)nn3)[C@H]2O)[C@](C)(OC)C[C@@H](C)/C(=N\O[C@@H]2CCNC2)[C@H](C)[C@@H](O)[C@]1(C)O. The molecule has 3 saturated heterocycles. The summed E-state index contributed by atoms with van der Waals surface area (Å²) in [5.74, 6) is -3.91. The molecule has 5 rings (SSSR count). The molecule has 0 aliphatic carbocycles. The lowest BCUT2D eigenvalue weighted by molar-refractivity contribution is -0.295. The Balaban J connectivity index is 1.34. The molecule has 3 fully saturated rings. The lowest BCUT2D eigenvalue weighted by atomic mass is 9.74. The Hall–Kier alpha value is -3.55. The second kappa shape index (κ2) is 22.8. The molecule has 4 heterocycles. The number of nitrogens with one attached hydrogen (secondary N) is 1. The number of ketones is 1. The van der Waals surface area contributed by atoms with Gasteiger partial charge in [0.15, 0.2) is 12.1 Å². The van der Waals surface area contributed by atoms with Crippen LogP contribution in [-0.4, -0.2) is 153 Å². The molecule has 4 N–H and O–H groups in total. The highest BCUT2D eigenvalue weighted by atomic mass is 16.7. The predicted octanol–water partition coefficient (Wildman–Crippen LogP) is 3.87. The highest BCUT2D eigenvalue weighted by molar-refractivity contribution is 6.00. The van der Waals surface area contributed by atoms with Gasteiger partial charge in [-0.3, -0.25) is 14.3 Å². The molecule has 3 aliphatic heterocycles. The second-order valence-corrected chi connectivity index (χ2v) is 18.9. The number of cyclic esters (lactones) is 1. The van der Waals surface area contributed by atoms with Gasteiger partial charge in [0.2, 0.25) is 0 Å². The van der Waals surface area contributed by atoms with Crippen molar-refractivity contribution < 1.29 is 53.4 Å². The van der Waals surface area contributed by atoms with Gasteiger partial charge in [0.1, 0.15) is 35.6 Å². The van der Waals surface area contributed by atoms with Crippen LogP contribution < -0.4 is 10.1 Å². The van der Waals surface area contributed by atoms with Crippen LogP contribution in [0.5, 0.6) is 5.75 Å². The van der Waals surface area contributed by atoms with Gasteiger partial charge in [-0.25, -0.2) is 0 Å². The van der Waals surface area contributed by atoms with Gasteiger partial charge < -0.3 is 54.1 Å². The smallest absolute Gasteiger partial charge is 0.316 e. The Morgan fingerprint density at radius 3 is 2.45 bits per heavy atom. The van der Waals surface area contributed by atoms with E-state index in [0.717, 1.165) is 30.8 Å². The van der Waals surface area contributed by atoms with Gasteiger partial charge >= 0.3 is 5.97 Å². The fraction of sp³-hybridized carbons (Fsp3) is 0.766. The van der Waals surface area contributed by atoms with Crippen molar-refractivity contribution in [2.75, 3.05) is 40.4 Å². The van der Waals surface area contributed by atoms with E-state index in [-0.39, 0.29) is 31.1 Å². The first-order chi connectivity index (χ1) is 30.3. The predicted molar refractivity (Wildman–Crippen MR) is 240 cm³/mol. The van der Waals surface area contributed by atoms with E-state index in [9.17, 15) is 24.9 Å². The minimum Gasteiger partial charge on any atom is -0.494 e. The number of hydrogen-bond donors (Lipinski definition) is 4. The van der Waals surface area contributed by atoms with E-state index in [2.05, 4.69) is 25.7 Å². The van der Waals surface area contributed by atoms with E-state index < -0.39 is 77.3 Å². The highest BCUT2D eigenvalue weighted by Crippen LogP contribution is 2.39. The summed E-state index contributed by atoms with van der Waals surface area (Å²) in [6, 6.07) is 7.60. The summed E-state index contributed by atoms with van der Waals surface area (Å²) in [6.07, 6.45) is -1.47. The summed E-state index contributed by atoms with van der Waals surface area (Å²) in [4.78, 5) is 36.2. The van der Waals surface area contributed by atoms with E-state index in [4.69, 9.17) is 28.5 Å². The maximum absolute atomic E-state index is 14.4. The third kappa shape index (κ3) is 12.7. The van der Waals surface area contributed by atoms with Crippen LogP contribution in [0.4, 0.5) is 0 Å². The molecule has 1 aromatic heterocycles. The zero-order valence-corrected chi connectivity index (χ0v) is 39.9. The molecule has 360 valence electrons. The van der Waals surface area contributed by atoms with E-state index in [1.165, 1.54) is 26.5 Å². The number of nitrogens with zero attached hydrogens (tertiary/aromatic N) is 5. The van der Waals surface area contributed by atoms with Crippen LogP contribution in [0.15, 0.2) is 35.6 Å². The fourth-order valence-electron chi connectivity index (χ4n) is 9.46. The van der Waals surface area contributed by atoms with Crippen LogP contribution in [0.1, 0.15) is 98.8 Å². The molecule has 64 heavy (non-hydrogen) atoms. The summed E-state index contributed by atoms with van der Waals surface area (Å²) < 4.78 is 33.0. The molecule has 0 amide bonds. The van der Waals surface area contributed by atoms with Gasteiger partial charge in [-0.1, -0.05) is 55.8 Å². The number of esters is 1. The van der Waals surface area contributed by atoms with Crippen molar-refractivity contribution in [2.45, 2.75) is 168 Å². The average molecular weight is 901 g/mol. The van der Waals surface area contributed by atoms with Gasteiger partial charge in [0.05, 0.1) is 41.9 Å². The number of carbonyl (C=O) groups excluding carboxylic acids is 2. The molecule has 1 aromatic carbocycles. The lowest BCUT2D eigenvalue weighted by Crippen LogP contribution is -2.60. The zero-order chi connectivity index (χ0) is 46.9. The largest absolute Gasteiger partial charge is 0.494 e. The van der Waals surface area contributed by atoms with Gasteiger partial charge in [0, 0.05) is 76.0 Å². The van der Waals surface area contributed by atoms with Gasteiger partial charge in [-0.15, -0.1) is 5.10 Å². The van der Waals surface area contributed by atoms with Gasteiger partial charge in [-0.05, 0) is 79.6 Å². The standard InChI is InChI=1S/C47H76N6O11/c1-12-38-47(9,58)42(56)31(5)39(50-64-36-18-20-48-26-36)29(3)25-46(8,59-11)43(32(6)40(54)33(7)44(57)62-38)63-45-41(55)37(24-30(4)61-45)52(10)22-19-34-27-53(51-49-34)21-13-23-60-35-16-14-28(2)15-17-35/h14-17,27,29-33,36-38,41-43,45,48,55-56,58H,12-13,18-26H2,1-11H3/b50-39+/t29-,30-,31+,32+,33-,36-,37+,38-,41-,42-,43-,45+,46-,47-/m1/s1. The van der Waals surface area contributed by atoms with Crippen molar-refractivity contribution in [3.63, 3.8) is 0 Å². The van der Waals surface area contributed by atoms with Crippen LogP contribution in [0, 0.1) is 30.6 Å². The number of oxime groups is 1. The summed E-state index contributed by atoms with van der Waals surface area (Å²) in [6.45, 7) is 19.0. The first-order valence-electron chi connectivity index (χ1n) is 23.2. The van der Waals surface area contributed by atoms with E-state index >= 15 is 0 Å². The number of methoxy groups -OCH3 is 1. The molecule has 17 nitrogen and oxygen atoms in total. The number of ether oxygens (including phenoxy) is 5. The molecular weight excluding hydrogens is 825 g/mol. The number of carbonyl (C=O) groups is 2. The summed E-state index contributed by atoms with van der Waals surface area (Å²) in [5, 5.41) is 52.3. The topological polar surface area (TPSA) is 209 Å². The minimum atomic E-state index is -1.90. The Kier molecular flexibility index (Phi) is 18.3. The first kappa shape index (κ1) is 51.4. The van der Waals surface area contributed by atoms with Crippen LogP contribution in [0.2, 0.25) is 0 Å².